The lowest BCUT2D eigenvalue weighted by Gasteiger charge is -2.18. The second-order valence-corrected chi connectivity index (χ2v) is 14.7. The molecular weight excluding hydrogens is 685 g/mol. The van der Waals surface area contributed by atoms with Crippen LogP contribution >= 0.6 is 0 Å². The lowest BCUT2D eigenvalue weighted by Crippen LogP contribution is -2.30. The quantitative estimate of drug-likeness (QED) is 0.0204. The average molecular weight is 767 g/mol. The standard InChI is InChI=1S/C49H82O6/c1-4-7-10-13-16-19-22-24-27-30-33-36-39-42-48(51)54-45-46(44-53-47(50)41-38-35-32-29-26-21-18-15-12-9-6-3)55-49(52)43-40-37-34-31-28-25-23-20-17-14-11-8-5-2/h7,10,13,16,19,22,24-25,27-28,30,33,46H,4-6,8-9,11-12,14-15,17-18,20-21,23,26,29,31-32,34-45H2,1-3H3/b10-7-,16-13-,22-19-,27-24-,28-25-,33-30-. The Morgan fingerprint density at radius 2 is 0.745 bits per heavy atom. The predicted molar refractivity (Wildman–Crippen MR) is 233 cm³/mol. The number of hydrogen-bond acceptors (Lipinski definition) is 6. The molecule has 0 saturated carbocycles. The summed E-state index contributed by atoms with van der Waals surface area (Å²) in [6.45, 7) is 6.38. The molecule has 55 heavy (non-hydrogen) atoms. The molecule has 0 aromatic carbocycles. The molecule has 0 fully saturated rings. The first-order chi connectivity index (χ1) is 27.0. The van der Waals surface area contributed by atoms with Crippen molar-refractivity contribution in [3.63, 3.8) is 0 Å². The van der Waals surface area contributed by atoms with Crippen LogP contribution in [0.2, 0.25) is 0 Å². The Kier molecular flexibility index (Phi) is 41.1. The smallest absolute Gasteiger partial charge is 0.306 e. The maximum Gasteiger partial charge on any atom is 0.306 e. The third kappa shape index (κ3) is 41.8. The topological polar surface area (TPSA) is 78.9 Å². The molecule has 0 radical (unpaired) electrons. The van der Waals surface area contributed by atoms with Gasteiger partial charge in [0.2, 0.25) is 0 Å². The lowest BCUT2D eigenvalue weighted by molar-refractivity contribution is -0.167. The zero-order valence-electron chi connectivity index (χ0n) is 35.7. The van der Waals surface area contributed by atoms with Gasteiger partial charge in [-0.2, -0.15) is 0 Å². The largest absolute Gasteiger partial charge is 0.462 e. The maximum atomic E-state index is 12.7. The molecule has 0 heterocycles. The van der Waals surface area contributed by atoms with Crippen molar-refractivity contribution < 1.29 is 28.6 Å². The Morgan fingerprint density at radius 3 is 1.24 bits per heavy atom. The van der Waals surface area contributed by atoms with Crippen LogP contribution in [0.1, 0.15) is 201 Å². The summed E-state index contributed by atoms with van der Waals surface area (Å²) in [5, 5.41) is 0. The van der Waals surface area contributed by atoms with Crippen molar-refractivity contribution in [1.82, 2.24) is 0 Å². The van der Waals surface area contributed by atoms with Crippen LogP contribution in [0.3, 0.4) is 0 Å². The summed E-state index contributed by atoms with van der Waals surface area (Å²) in [6.07, 6.45) is 53.2. The van der Waals surface area contributed by atoms with E-state index in [4.69, 9.17) is 14.2 Å². The van der Waals surface area contributed by atoms with Gasteiger partial charge in [0.15, 0.2) is 6.10 Å². The molecule has 0 aliphatic carbocycles. The van der Waals surface area contributed by atoms with E-state index in [0.717, 1.165) is 64.2 Å². The van der Waals surface area contributed by atoms with Crippen molar-refractivity contribution in [1.29, 1.82) is 0 Å². The monoisotopic (exact) mass is 767 g/mol. The van der Waals surface area contributed by atoms with E-state index in [-0.39, 0.29) is 37.5 Å². The summed E-state index contributed by atoms with van der Waals surface area (Å²) < 4.78 is 16.6. The van der Waals surface area contributed by atoms with Crippen molar-refractivity contribution in [3.8, 4) is 0 Å². The molecule has 0 aromatic heterocycles. The number of unbranched alkanes of at least 4 members (excludes halogenated alkanes) is 20. The molecule has 0 rings (SSSR count). The highest BCUT2D eigenvalue weighted by Crippen LogP contribution is 2.13. The fourth-order valence-corrected chi connectivity index (χ4v) is 5.94. The van der Waals surface area contributed by atoms with Gasteiger partial charge in [0, 0.05) is 19.3 Å². The molecule has 1 atom stereocenters. The van der Waals surface area contributed by atoms with Gasteiger partial charge in [0.25, 0.3) is 0 Å². The zero-order chi connectivity index (χ0) is 40.1. The molecule has 0 amide bonds. The Hall–Kier alpha value is -3.15. The van der Waals surface area contributed by atoms with Crippen LogP contribution in [0.4, 0.5) is 0 Å². The van der Waals surface area contributed by atoms with E-state index in [1.54, 1.807) is 0 Å². The SMILES string of the molecule is CC\C=C/C=C\C=C/C=C\C=C/CCCC(=O)OCC(COC(=O)CCCCCCCCCCCCC)OC(=O)CCCCC/C=C\CCCCCCCC. The van der Waals surface area contributed by atoms with E-state index in [1.165, 1.54) is 89.9 Å². The molecule has 0 bridgehead atoms. The third-order valence-electron chi connectivity index (χ3n) is 9.32. The van der Waals surface area contributed by atoms with Crippen LogP contribution in [-0.2, 0) is 28.6 Å². The molecule has 0 saturated heterocycles. The molecule has 6 nitrogen and oxygen atoms in total. The predicted octanol–water partition coefficient (Wildman–Crippen LogP) is 14.3. The fourth-order valence-electron chi connectivity index (χ4n) is 5.94. The summed E-state index contributed by atoms with van der Waals surface area (Å²) in [7, 11) is 0. The third-order valence-corrected chi connectivity index (χ3v) is 9.32. The van der Waals surface area contributed by atoms with Gasteiger partial charge in [0.1, 0.15) is 13.2 Å². The van der Waals surface area contributed by atoms with Crippen LogP contribution in [0, 0.1) is 0 Å². The highest BCUT2D eigenvalue weighted by molar-refractivity contribution is 5.71. The fraction of sp³-hybridized carbons (Fsp3) is 0.694. The molecule has 0 aliphatic rings. The van der Waals surface area contributed by atoms with Crippen LogP contribution in [0.25, 0.3) is 0 Å². The van der Waals surface area contributed by atoms with Gasteiger partial charge in [-0.1, -0.05) is 196 Å². The van der Waals surface area contributed by atoms with Gasteiger partial charge in [-0.3, -0.25) is 14.4 Å². The lowest BCUT2D eigenvalue weighted by atomic mass is 10.1. The number of allylic oxidation sites excluding steroid dienone is 12. The van der Waals surface area contributed by atoms with E-state index in [9.17, 15) is 14.4 Å². The number of carbonyl (C=O) groups is 3. The first-order valence-electron chi connectivity index (χ1n) is 22.5. The molecule has 314 valence electrons. The molecule has 0 aromatic rings. The minimum Gasteiger partial charge on any atom is -0.462 e. The summed E-state index contributed by atoms with van der Waals surface area (Å²) in [5.74, 6) is -1.00. The molecule has 0 spiro atoms. The summed E-state index contributed by atoms with van der Waals surface area (Å²) >= 11 is 0. The highest BCUT2D eigenvalue weighted by atomic mass is 16.6. The molecule has 0 N–H and O–H groups in total. The van der Waals surface area contributed by atoms with E-state index < -0.39 is 6.10 Å². The summed E-state index contributed by atoms with van der Waals surface area (Å²) in [5.41, 5.74) is 0. The van der Waals surface area contributed by atoms with Crippen LogP contribution in [0.5, 0.6) is 0 Å². The van der Waals surface area contributed by atoms with Crippen molar-refractivity contribution >= 4 is 17.9 Å². The number of hydrogen-bond donors (Lipinski definition) is 0. The van der Waals surface area contributed by atoms with Gasteiger partial charge < -0.3 is 14.2 Å². The molecular formula is C49H82O6. The van der Waals surface area contributed by atoms with Crippen LogP contribution in [0.15, 0.2) is 72.9 Å². The van der Waals surface area contributed by atoms with Crippen LogP contribution in [-0.4, -0.2) is 37.2 Å². The van der Waals surface area contributed by atoms with Gasteiger partial charge >= 0.3 is 17.9 Å². The van der Waals surface area contributed by atoms with Gasteiger partial charge in [-0.05, 0) is 57.8 Å². The summed E-state index contributed by atoms with van der Waals surface area (Å²) in [4.78, 5) is 37.7. The Bertz CT molecular complexity index is 1070. The Morgan fingerprint density at radius 1 is 0.382 bits per heavy atom. The summed E-state index contributed by atoms with van der Waals surface area (Å²) in [6, 6.07) is 0. The number of esters is 3. The van der Waals surface area contributed by atoms with E-state index in [2.05, 4.69) is 39.0 Å². The number of ether oxygens (including phenoxy) is 3. The highest BCUT2D eigenvalue weighted by Gasteiger charge is 2.19. The number of carbonyl (C=O) groups excluding carboxylic acids is 3. The first-order valence-corrected chi connectivity index (χ1v) is 22.5. The molecule has 0 aliphatic heterocycles. The second kappa shape index (κ2) is 43.6. The average Bonchev–Trinajstić information content (AvgIpc) is 3.18. The van der Waals surface area contributed by atoms with E-state index >= 15 is 0 Å². The van der Waals surface area contributed by atoms with Gasteiger partial charge in [0.05, 0.1) is 0 Å². The zero-order valence-corrected chi connectivity index (χ0v) is 35.7. The molecule has 6 heteroatoms. The van der Waals surface area contributed by atoms with E-state index in [1.807, 2.05) is 54.7 Å². The molecule has 1 unspecified atom stereocenters. The number of rotatable bonds is 39. The minimum absolute atomic E-state index is 0.103. The normalized spacial score (nSPS) is 12.7. The van der Waals surface area contributed by atoms with Crippen molar-refractivity contribution in [3.05, 3.63) is 72.9 Å². The van der Waals surface area contributed by atoms with E-state index in [0.29, 0.717) is 19.3 Å². The first kappa shape index (κ1) is 51.9. The maximum absolute atomic E-state index is 12.7. The minimum atomic E-state index is -0.807. The Labute approximate surface area is 338 Å². The van der Waals surface area contributed by atoms with Crippen molar-refractivity contribution in [2.24, 2.45) is 0 Å². The van der Waals surface area contributed by atoms with Crippen molar-refractivity contribution in [2.75, 3.05) is 13.2 Å². The van der Waals surface area contributed by atoms with Gasteiger partial charge in [-0.15, -0.1) is 0 Å². The van der Waals surface area contributed by atoms with Crippen LogP contribution < -0.4 is 0 Å². The van der Waals surface area contributed by atoms with Crippen molar-refractivity contribution in [2.45, 2.75) is 207 Å². The Balaban J connectivity index is 4.52. The second-order valence-electron chi connectivity index (χ2n) is 14.7. The van der Waals surface area contributed by atoms with Gasteiger partial charge in [-0.25, -0.2) is 0 Å².